The number of nitrogens with one attached hydrogen (secondary N) is 1. The van der Waals surface area contributed by atoms with Gasteiger partial charge in [-0.05, 0) is 55.9 Å². The second kappa shape index (κ2) is 5.53. The van der Waals surface area contributed by atoms with Crippen LogP contribution in [0.5, 0.6) is 0 Å². The zero-order valence-electron chi connectivity index (χ0n) is 12.5. The summed E-state index contributed by atoms with van der Waals surface area (Å²) in [5.74, 6) is 0.743. The number of nitrogens with zero attached hydrogens (tertiary/aromatic N) is 1. The molecule has 21 heavy (non-hydrogen) atoms. The smallest absolute Gasteiger partial charge is 0.0954 e. The highest BCUT2D eigenvalue weighted by atomic mass is 16.3. The molecule has 1 aromatic carbocycles. The molecule has 1 aliphatic carbocycles. The van der Waals surface area contributed by atoms with Crippen LogP contribution in [0.15, 0.2) is 30.5 Å². The highest BCUT2D eigenvalue weighted by Gasteiger charge is 2.33. The third-order valence-corrected chi connectivity index (χ3v) is 4.74. The minimum Gasteiger partial charge on any atom is -0.398 e. The van der Waals surface area contributed by atoms with Gasteiger partial charge in [-0.15, -0.1) is 0 Å². The molecule has 1 aromatic heterocycles. The number of hydrogen-bond donors (Lipinski definition) is 3. The first-order valence-corrected chi connectivity index (χ1v) is 7.66. The molecule has 1 saturated carbocycles. The Bertz CT molecular complexity index is 633. The molecule has 112 valence electrons. The lowest BCUT2D eigenvalue weighted by Gasteiger charge is -2.39. The van der Waals surface area contributed by atoms with E-state index in [1.165, 1.54) is 0 Å². The van der Waals surface area contributed by atoms with Crippen molar-refractivity contribution in [1.29, 1.82) is 0 Å². The monoisotopic (exact) mass is 285 g/mol. The normalized spacial score (nSPS) is 25.9. The lowest BCUT2D eigenvalue weighted by atomic mass is 9.77. The number of nitrogen functional groups attached to an aromatic ring is 1. The lowest BCUT2D eigenvalue weighted by Crippen LogP contribution is -2.45. The van der Waals surface area contributed by atoms with Crippen molar-refractivity contribution in [2.24, 2.45) is 5.92 Å². The minimum absolute atomic E-state index is 0.151. The molecule has 0 amide bonds. The zero-order valence-corrected chi connectivity index (χ0v) is 12.5. The fraction of sp³-hybridized carbons (Fsp3) is 0.471. The molecule has 0 spiro atoms. The van der Waals surface area contributed by atoms with Crippen molar-refractivity contribution in [3.05, 3.63) is 30.5 Å². The van der Waals surface area contributed by atoms with E-state index in [0.29, 0.717) is 0 Å². The Morgan fingerprint density at radius 3 is 2.81 bits per heavy atom. The van der Waals surface area contributed by atoms with Crippen LogP contribution in [-0.2, 0) is 0 Å². The summed E-state index contributed by atoms with van der Waals surface area (Å²) in [4.78, 5) is 4.46. The Morgan fingerprint density at radius 1 is 1.33 bits per heavy atom. The van der Waals surface area contributed by atoms with Gasteiger partial charge in [-0.3, -0.25) is 4.98 Å². The van der Waals surface area contributed by atoms with Gasteiger partial charge in [-0.25, -0.2) is 0 Å². The SMILES string of the molecule is CC1CCC(CO)(Nc2ccc(N)c3cccnc23)CC1. The topological polar surface area (TPSA) is 71.2 Å². The van der Waals surface area contributed by atoms with Crippen molar-refractivity contribution >= 4 is 22.3 Å². The molecular weight excluding hydrogens is 262 g/mol. The summed E-state index contributed by atoms with van der Waals surface area (Å²) in [6.07, 6.45) is 6.05. The van der Waals surface area contributed by atoms with Gasteiger partial charge in [0.1, 0.15) is 0 Å². The largest absolute Gasteiger partial charge is 0.398 e. The molecule has 1 fully saturated rings. The van der Waals surface area contributed by atoms with E-state index in [0.717, 1.165) is 53.9 Å². The van der Waals surface area contributed by atoms with Gasteiger partial charge in [0.15, 0.2) is 0 Å². The summed E-state index contributed by atoms with van der Waals surface area (Å²) in [6.45, 7) is 2.43. The number of nitrogens with two attached hydrogens (primary N) is 1. The first-order chi connectivity index (χ1) is 10.1. The first-order valence-electron chi connectivity index (χ1n) is 7.66. The van der Waals surface area contributed by atoms with Crippen LogP contribution in [-0.4, -0.2) is 22.2 Å². The fourth-order valence-electron chi connectivity index (χ4n) is 3.22. The number of aromatic nitrogens is 1. The van der Waals surface area contributed by atoms with Gasteiger partial charge in [0, 0.05) is 17.3 Å². The number of fused-ring (bicyclic) bond motifs is 1. The number of aliphatic hydroxyl groups excluding tert-OH is 1. The van der Waals surface area contributed by atoms with E-state index in [2.05, 4.69) is 17.2 Å². The van der Waals surface area contributed by atoms with Gasteiger partial charge < -0.3 is 16.2 Å². The number of rotatable bonds is 3. The number of hydrogen-bond acceptors (Lipinski definition) is 4. The number of anilines is 2. The van der Waals surface area contributed by atoms with E-state index in [9.17, 15) is 5.11 Å². The second-order valence-electron chi connectivity index (χ2n) is 6.35. The molecule has 2 aromatic rings. The molecule has 1 heterocycles. The van der Waals surface area contributed by atoms with E-state index in [1.54, 1.807) is 6.20 Å². The summed E-state index contributed by atoms with van der Waals surface area (Å²) in [5, 5.41) is 14.4. The quantitative estimate of drug-likeness (QED) is 0.757. The Balaban J connectivity index is 1.96. The molecule has 0 aliphatic heterocycles. The Hall–Kier alpha value is -1.81. The molecule has 1 aliphatic rings. The lowest BCUT2D eigenvalue weighted by molar-refractivity contribution is 0.155. The molecule has 3 rings (SSSR count). The zero-order chi connectivity index (χ0) is 14.9. The average Bonchev–Trinajstić information content (AvgIpc) is 2.53. The molecular formula is C17H23N3O. The number of aliphatic hydroxyl groups is 1. The Labute approximate surface area is 125 Å². The van der Waals surface area contributed by atoms with Gasteiger partial charge in [0.2, 0.25) is 0 Å². The van der Waals surface area contributed by atoms with Crippen molar-refractivity contribution in [2.45, 2.75) is 38.1 Å². The van der Waals surface area contributed by atoms with Crippen LogP contribution < -0.4 is 11.1 Å². The maximum absolute atomic E-state index is 9.91. The molecule has 0 saturated heterocycles. The average molecular weight is 285 g/mol. The molecule has 4 heteroatoms. The standard InChI is InChI=1S/C17H23N3O/c1-12-6-8-17(11-21,9-7-12)20-15-5-4-14(18)13-3-2-10-19-16(13)15/h2-5,10,12,20-21H,6-9,11,18H2,1H3. The molecule has 0 atom stereocenters. The predicted octanol–water partition coefficient (Wildman–Crippen LogP) is 3.17. The van der Waals surface area contributed by atoms with Gasteiger partial charge >= 0.3 is 0 Å². The third-order valence-electron chi connectivity index (χ3n) is 4.74. The van der Waals surface area contributed by atoms with Crippen LogP contribution in [0, 0.1) is 5.92 Å². The highest BCUT2D eigenvalue weighted by Crippen LogP contribution is 2.36. The van der Waals surface area contributed by atoms with Crippen molar-refractivity contribution in [3.63, 3.8) is 0 Å². The van der Waals surface area contributed by atoms with Crippen LogP contribution >= 0.6 is 0 Å². The maximum Gasteiger partial charge on any atom is 0.0954 e. The predicted molar refractivity (Wildman–Crippen MR) is 87.2 cm³/mol. The van der Waals surface area contributed by atoms with Crippen LogP contribution in [0.2, 0.25) is 0 Å². The molecule has 0 unspecified atom stereocenters. The van der Waals surface area contributed by atoms with E-state index in [-0.39, 0.29) is 12.1 Å². The molecule has 4 N–H and O–H groups in total. The Kier molecular flexibility index (Phi) is 3.72. The molecule has 0 radical (unpaired) electrons. The molecule has 4 nitrogen and oxygen atoms in total. The summed E-state index contributed by atoms with van der Waals surface area (Å²) < 4.78 is 0. The summed E-state index contributed by atoms with van der Waals surface area (Å²) >= 11 is 0. The highest BCUT2D eigenvalue weighted by molar-refractivity contribution is 5.98. The van der Waals surface area contributed by atoms with Gasteiger partial charge in [-0.2, -0.15) is 0 Å². The van der Waals surface area contributed by atoms with Crippen LogP contribution in [0.3, 0.4) is 0 Å². The van der Waals surface area contributed by atoms with Crippen molar-refractivity contribution in [2.75, 3.05) is 17.7 Å². The van der Waals surface area contributed by atoms with E-state index in [1.807, 2.05) is 24.3 Å². The number of benzene rings is 1. The fourth-order valence-corrected chi connectivity index (χ4v) is 3.22. The maximum atomic E-state index is 9.91. The van der Waals surface area contributed by atoms with Crippen LogP contribution in [0.25, 0.3) is 10.9 Å². The van der Waals surface area contributed by atoms with E-state index in [4.69, 9.17) is 5.73 Å². The summed E-state index contributed by atoms with van der Waals surface area (Å²) in [5.41, 5.74) is 8.37. The third kappa shape index (κ3) is 2.68. The number of pyridine rings is 1. The van der Waals surface area contributed by atoms with Crippen LogP contribution in [0.4, 0.5) is 11.4 Å². The summed E-state index contributed by atoms with van der Waals surface area (Å²) in [6, 6.07) is 7.76. The molecule has 0 bridgehead atoms. The van der Waals surface area contributed by atoms with Crippen molar-refractivity contribution < 1.29 is 5.11 Å². The van der Waals surface area contributed by atoms with Crippen LogP contribution in [0.1, 0.15) is 32.6 Å². The first kappa shape index (κ1) is 14.1. The van der Waals surface area contributed by atoms with E-state index >= 15 is 0 Å². The van der Waals surface area contributed by atoms with Gasteiger partial charge in [0.25, 0.3) is 0 Å². The van der Waals surface area contributed by atoms with E-state index < -0.39 is 0 Å². The minimum atomic E-state index is -0.229. The van der Waals surface area contributed by atoms with Crippen molar-refractivity contribution in [1.82, 2.24) is 4.98 Å². The Morgan fingerprint density at radius 2 is 2.10 bits per heavy atom. The van der Waals surface area contributed by atoms with Crippen molar-refractivity contribution in [3.8, 4) is 0 Å². The summed E-state index contributed by atoms with van der Waals surface area (Å²) in [7, 11) is 0. The van der Waals surface area contributed by atoms with Gasteiger partial charge in [0.05, 0.1) is 23.3 Å². The van der Waals surface area contributed by atoms with Gasteiger partial charge in [-0.1, -0.05) is 6.92 Å². The second-order valence-corrected chi connectivity index (χ2v) is 6.35.